The van der Waals surface area contributed by atoms with E-state index in [4.69, 9.17) is 4.42 Å². The third-order valence-electron chi connectivity index (χ3n) is 3.53. The fourth-order valence-corrected chi connectivity index (χ4v) is 3.07. The molecule has 2 aromatic heterocycles. The third kappa shape index (κ3) is 3.33. The second-order valence-electron chi connectivity index (χ2n) is 5.05. The van der Waals surface area contributed by atoms with Gasteiger partial charge >= 0.3 is 0 Å². The number of nitrogens with one attached hydrogen (secondary N) is 1. The summed E-state index contributed by atoms with van der Waals surface area (Å²) < 4.78 is 5.24. The fourth-order valence-electron chi connectivity index (χ4n) is 2.42. The van der Waals surface area contributed by atoms with Gasteiger partial charge in [-0.1, -0.05) is 6.07 Å². The molecule has 0 unspecified atom stereocenters. The number of amides is 2. The molecule has 110 valence electrons. The summed E-state index contributed by atoms with van der Waals surface area (Å²) in [5.41, 5.74) is 0. The number of carbonyl (C=O) groups is 2. The van der Waals surface area contributed by atoms with E-state index in [0.717, 1.165) is 10.6 Å². The molecule has 2 aromatic rings. The van der Waals surface area contributed by atoms with E-state index in [9.17, 15) is 9.59 Å². The van der Waals surface area contributed by atoms with Crippen LogP contribution in [0.15, 0.2) is 40.3 Å². The van der Waals surface area contributed by atoms with Crippen LogP contribution in [0.25, 0.3) is 0 Å². The Morgan fingerprint density at radius 3 is 3.05 bits per heavy atom. The average Bonchev–Trinajstić information content (AvgIpc) is 3.20. The largest absolute Gasteiger partial charge is 0.467 e. The first-order valence-electron chi connectivity index (χ1n) is 6.82. The molecular formula is C15H16N2O3S. The highest BCUT2D eigenvalue weighted by atomic mass is 32.1. The number of nitrogens with zero attached hydrogens (tertiary/aromatic N) is 1. The minimum Gasteiger partial charge on any atom is -0.467 e. The lowest BCUT2D eigenvalue weighted by Crippen LogP contribution is -2.32. The quantitative estimate of drug-likeness (QED) is 0.919. The van der Waals surface area contributed by atoms with Gasteiger partial charge in [0.25, 0.3) is 0 Å². The Kier molecular flexibility index (Phi) is 4.06. The molecule has 3 heterocycles. The molecule has 21 heavy (non-hydrogen) atoms. The molecule has 0 spiro atoms. The fraction of sp³-hybridized carbons (Fsp3) is 0.333. The summed E-state index contributed by atoms with van der Waals surface area (Å²) in [6, 6.07) is 7.56. The minimum atomic E-state index is -0.271. The number of furan rings is 1. The first-order valence-corrected chi connectivity index (χ1v) is 7.70. The van der Waals surface area contributed by atoms with E-state index in [-0.39, 0.29) is 24.2 Å². The highest BCUT2D eigenvalue weighted by Crippen LogP contribution is 2.21. The van der Waals surface area contributed by atoms with Gasteiger partial charge in [-0.3, -0.25) is 9.59 Å². The van der Waals surface area contributed by atoms with Crippen molar-refractivity contribution >= 4 is 23.2 Å². The number of carbonyl (C=O) groups excluding carboxylic acids is 2. The Labute approximate surface area is 126 Å². The number of rotatable bonds is 5. The summed E-state index contributed by atoms with van der Waals surface area (Å²) in [6.07, 6.45) is 1.86. The first kappa shape index (κ1) is 13.9. The lowest BCUT2D eigenvalue weighted by Gasteiger charge is -2.14. The molecule has 1 atom stereocenters. The molecule has 1 aliphatic heterocycles. The molecule has 0 bridgehead atoms. The molecular weight excluding hydrogens is 288 g/mol. The molecule has 3 rings (SSSR count). The Balaban J connectivity index is 1.52. The highest BCUT2D eigenvalue weighted by Gasteiger charge is 2.34. The summed E-state index contributed by atoms with van der Waals surface area (Å²) in [4.78, 5) is 26.9. The third-order valence-corrected chi connectivity index (χ3v) is 4.41. The minimum absolute atomic E-state index is 0.00248. The van der Waals surface area contributed by atoms with Crippen LogP contribution in [0.2, 0.25) is 0 Å². The zero-order valence-electron chi connectivity index (χ0n) is 11.5. The zero-order valence-corrected chi connectivity index (χ0v) is 12.3. The summed E-state index contributed by atoms with van der Waals surface area (Å²) in [6.45, 7) is 1.41. The summed E-state index contributed by atoms with van der Waals surface area (Å²) >= 11 is 1.61. The van der Waals surface area contributed by atoms with Gasteiger partial charge in [0.1, 0.15) is 5.76 Å². The maximum atomic E-state index is 12.1. The van der Waals surface area contributed by atoms with Crippen molar-refractivity contribution in [2.45, 2.75) is 19.5 Å². The molecule has 0 radical (unpaired) electrons. The molecule has 0 saturated carbocycles. The molecule has 1 fully saturated rings. The Hall–Kier alpha value is -2.08. The van der Waals surface area contributed by atoms with E-state index in [1.165, 1.54) is 0 Å². The van der Waals surface area contributed by atoms with Crippen LogP contribution in [0, 0.1) is 5.92 Å². The van der Waals surface area contributed by atoms with Gasteiger partial charge in [0.2, 0.25) is 11.8 Å². The second kappa shape index (κ2) is 6.13. The van der Waals surface area contributed by atoms with Gasteiger partial charge in [-0.25, -0.2) is 0 Å². The Bertz CT molecular complexity index is 607. The van der Waals surface area contributed by atoms with E-state index in [1.807, 2.05) is 23.6 Å². The molecule has 1 N–H and O–H groups in total. The van der Waals surface area contributed by atoms with Crippen molar-refractivity contribution in [1.29, 1.82) is 0 Å². The Morgan fingerprint density at radius 2 is 2.33 bits per heavy atom. The number of hydrogen-bond donors (Lipinski definition) is 1. The van der Waals surface area contributed by atoms with E-state index in [0.29, 0.717) is 19.6 Å². The lowest BCUT2D eigenvalue weighted by atomic mass is 10.1. The molecule has 0 aromatic carbocycles. The molecule has 1 aliphatic rings. The van der Waals surface area contributed by atoms with Gasteiger partial charge < -0.3 is 14.6 Å². The summed E-state index contributed by atoms with van der Waals surface area (Å²) in [7, 11) is 0. The van der Waals surface area contributed by atoms with Gasteiger partial charge in [-0.15, -0.1) is 11.3 Å². The van der Waals surface area contributed by atoms with Gasteiger partial charge in [-0.2, -0.15) is 0 Å². The topological polar surface area (TPSA) is 62.6 Å². The lowest BCUT2D eigenvalue weighted by molar-refractivity contribution is -0.129. The Morgan fingerprint density at radius 1 is 1.43 bits per heavy atom. The van der Waals surface area contributed by atoms with E-state index >= 15 is 0 Å². The van der Waals surface area contributed by atoms with Crippen LogP contribution in [0.1, 0.15) is 17.1 Å². The van der Waals surface area contributed by atoms with Crippen molar-refractivity contribution in [2.75, 3.05) is 6.54 Å². The van der Waals surface area contributed by atoms with Crippen LogP contribution in [0.3, 0.4) is 0 Å². The summed E-state index contributed by atoms with van der Waals surface area (Å²) in [5.74, 6) is 0.414. The van der Waals surface area contributed by atoms with Crippen molar-refractivity contribution < 1.29 is 14.0 Å². The van der Waals surface area contributed by atoms with Crippen LogP contribution in [0.5, 0.6) is 0 Å². The van der Waals surface area contributed by atoms with Crippen molar-refractivity contribution in [2.24, 2.45) is 5.92 Å². The maximum absolute atomic E-state index is 12.1. The molecule has 6 heteroatoms. The van der Waals surface area contributed by atoms with Crippen molar-refractivity contribution in [3.8, 4) is 0 Å². The van der Waals surface area contributed by atoms with Gasteiger partial charge in [-0.05, 0) is 23.6 Å². The molecule has 1 saturated heterocycles. The SMILES string of the molecule is O=C(NCc1cccs1)[C@@H]1CC(=O)N(Cc2ccco2)C1. The molecule has 0 aliphatic carbocycles. The zero-order chi connectivity index (χ0) is 14.7. The van der Waals surface area contributed by atoms with Crippen LogP contribution >= 0.6 is 11.3 Å². The van der Waals surface area contributed by atoms with Gasteiger partial charge in [0.05, 0.1) is 25.3 Å². The standard InChI is InChI=1S/C15H16N2O3S/c18-14-7-11(9-17(14)10-12-3-1-5-20-12)15(19)16-8-13-4-2-6-21-13/h1-6,11H,7-10H2,(H,16,19)/t11-/m1/s1. The van der Waals surface area contributed by atoms with Crippen LogP contribution < -0.4 is 5.32 Å². The number of likely N-dealkylation sites (tertiary alicyclic amines) is 1. The van der Waals surface area contributed by atoms with E-state index in [2.05, 4.69) is 5.32 Å². The molecule has 2 amide bonds. The number of hydrogen-bond acceptors (Lipinski definition) is 4. The maximum Gasteiger partial charge on any atom is 0.225 e. The smallest absolute Gasteiger partial charge is 0.225 e. The average molecular weight is 304 g/mol. The second-order valence-corrected chi connectivity index (χ2v) is 6.08. The van der Waals surface area contributed by atoms with Crippen LogP contribution in [-0.4, -0.2) is 23.3 Å². The molecule has 5 nitrogen and oxygen atoms in total. The van der Waals surface area contributed by atoms with Crippen molar-refractivity contribution in [3.05, 3.63) is 46.5 Å². The highest BCUT2D eigenvalue weighted by molar-refractivity contribution is 7.09. The predicted molar refractivity (Wildman–Crippen MR) is 78.4 cm³/mol. The van der Waals surface area contributed by atoms with Crippen LogP contribution in [-0.2, 0) is 22.7 Å². The van der Waals surface area contributed by atoms with Crippen LogP contribution in [0.4, 0.5) is 0 Å². The van der Waals surface area contributed by atoms with E-state index in [1.54, 1.807) is 28.6 Å². The van der Waals surface area contributed by atoms with Crippen molar-refractivity contribution in [1.82, 2.24) is 10.2 Å². The first-order chi connectivity index (χ1) is 10.2. The van der Waals surface area contributed by atoms with E-state index < -0.39 is 0 Å². The summed E-state index contributed by atoms with van der Waals surface area (Å²) in [5, 5.41) is 4.87. The normalized spacial score (nSPS) is 18.2. The monoisotopic (exact) mass is 304 g/mol. The van der Waals surface area contributed by atoms with Crippen molar-refractivity contribution in [3.63, 3.8) is 0 Å². The number of thiophene rings is 1. The van der Waals surface area contributed by atoms with Gasteiger partial charge in [0.15, 0.2) is 0 Å². The predicted octanol–water partition coefficient (Wildman–Crippen LogP) is 2.01. The van der Waals surface area contributed by atoms with Gasteiger partial charge in [0, 0.05) is 17.8 Å².